The smallest absolute Gasteiger partial charge is 0.357 e. The van der Waals surface area contributed by atoms with Crippen molar-refractivity contribution < 1.29 is 23.4 Å². The van der Waals surface area contributed by atoms with E-state index in [0.717, 1.165) is 15.6 Å². The number of aromatic nitrogens is 1. The summed E-state index contributed by atoms with van der Waals surface area (Å²) < 4.78 is 28.9. The molecule has 0 aliphatic carbocycles. The second kappa shape index (κ2) is 7.16. The lowest BCUT2D eigenvalue weighted by molar-refractivity contribution is 0.0692. The van der Waals surface area contributed by atoms with Crippen LogP contribution in [-0.4, -0.2) is 38.0 Å². The number of carboxylic acid groups (broad SMARTS) is 1. The van der Waals surface area contributed by atoms with Crippen molar-refractivity contribution in [3.63, 3.8) is 0 Å². The summed E-state index contributed by atoms with van der Waals surface area (Å²) in [4.78, 5) is 14.6. The second-order valence-corrected chi connectivity index (χ2v) is 5.50. The highest BCUT2D eigenvalue weighted by Crippen LogP contribution is 2.26. The Bertz CT molecular complexity index is 632. The molecule has 21 heavy (non-hydrogen) atoms. The SMILES string of the molecule is O=C(O)c1ncsc1N(CCOc1ccccc1)S(=O)[O-]. The van der Waals surface area contributed by atoms with E-state index in [1.165, 1.54) is 5.51 Å². The van der Waals surface area contributed by atoms with E-state index in [4.69, 9.17) is 9.84 Å². The Morgan fingerprint density at radius 2 is 2.14 bits per heavy atom. The minimum Gasteiger partial charge on any atom is -0.755 e. The molecule has 0 amide bonds. The largest absolute Gasteiger partial charge is 0.755 e. The Hall–Kier alpha value is -1.97. The van der Waals surface area contributed by atoms with Crippen molar-refractivity contribution in [1.82, 2.24) is 4.98 Å². The Kier molecular flexibility index (Phi) is 5.26. The van der Waals surface area contributed by atoms with Gasteiger partial charge < -0.3 is 14.4 Å². The molecule has 0 spiro atoms. The van der Waals surface area contributed by atoms with Gasteiger partial charge >= 0.3 is 5.97 Å². The maximum atomic E-state index is 11.3. The first-order valence-electron chi connectivity index (χ1n) is 5.81. The summed E-state index contributed by atoms with van der Waals surface area (Å²) in [7, 11) is 0. The minimum atomic E-state index is -2.61. The van der Waals surface area contributed by atoms with Gasteiger partial charge in [-0.1, -0.05) is 18.2 Å². The second-order valence-electron chi connectivity index (χ2n) is 3.79. The molecule has 0 fully saturated rings. The lowest BCUT2D eigenvalue weighted by Gasteiger charge is -2.24. The fourth-order valence-electron chi connectivity index (χ4n) is 1.57. The Morgan fingerprint density at radius 3 is 2.76 bits per heavy atom. The number of para-hydroxylation sites is 1. The molecule has 1 heterocycles. The van der Waals surface area contributed by atoms with E-state index >= 15 is 0 Å². The highest BCUT2D eigenvalue weighted by molar-refractivity contribution is 7.81. The Balaban J connectivity index is 2.04. The molecule has 1 aromatic carbocycles. The molecule has 1 aromatic heterocycles. The summed E-state index contributed by atoms with van der Waals surface area (Å²) in [5, 5.41) is 9.04. The van der Waals surface area contributed by atoms with Crippen LogP contribution in [0.4, 0.5) is 5.00 Å². The van der Waals surface area contributed by atoms with Crippen LogP contribution in [0.15, 0.2) is 35.8 Å². The van der Waals surface area contributed by atoms with Crippen LogP contribution in [0.25, 0.3) is 0 Å². The van der Waals surface area contributed by atoms with Gasteiger partial charge in [-0.25, -0.2) is 9.78 Å². The Labute approximate surface area is 127 Å². The minimum absolute atomic E-state index is 0.00647. The van der Waals surface area contributed by atoms with E-state index in [-0.39, 0.29) is 23.8 Å². The first-order valence-corrected chi connectivity index (χ1v) is 7.72. The molecule has 0 aliphatic heterocycles. The molecule has 1 N–H and O–H groups in total. The summed E-state index contributed by atoms with van der Waals surface area (Å²) >= 11 is -1.66. The van der Waals surface area contributed by atoms with Crippen molar-refractivity contribution in [2.45, 2.75) is 0 Å². The summed E-state index contributed by atoms with van der Waals surface area (Å²) in [5.74, 6) is -0.664. The molecule has 1 unspecified atom stereocenters. The third-order valence-corrected chi connectivity index (χ3v) is 4.15. The van der Waals surface area contributed by atoms with Crippen LogP contribution in [0.1, 0.15) is 10.5 Å². The van der Waals surface area contributed by atoms with Crippen LogP contribution in [0.5, 0.6) is 5.75 Å². The lowest BCUT2D eigenvalue weighted by atomic mass is 10.3. The van der Waals surface area contributed by atoms with E-state index in [0.29, 0.717) is 5.75 Å². The number of carbonyl (C=O) groups is 1. The number of carboxylic acids is 1. The zero-order chi connectivity index (χ0) is 15.2. The predicted octanol–water partition coefficient (Wildman–Crippen LogP) is 1.52. The summed E-state index contributed by atoms with van der Waals surface area (Å²) in [6.45, 7) is 0.0857. The molecule has 2 rings (SSSR count). The van der Waals surface area contributed by atoms with Crippen LogP contribution >= 0.6 is 11.3 Å². The Morgan fingerprint density at radius 1 is 1.43 bits per heavy atom. The van der Waals surface area contributed by atoms with Gasteiger partial charge in [-0.05, 0) is 12.1 Å². The van der Waals surface area contributed by atoms with Crippen LogP contribution in [0.2, 0.25) is 0 Å². The molecule has 7 nitrogen and oxygen atoms in total. The van der Waals surface area contributed by atoms with Gasteiger partial charge in [0.25, 0.3) is 0 Å². The number of anilines is 1. The van der Waals surface area contributed by atoms with E-state index in [1.807, 2.05) is 6.07 Å². The molecule has 0 radical (unpaired) electrons. The number of hydrogen-bond acceptors (Lipinski definition) is 6. The number of ether oxygens (including phenoxy) is 1. The molecule has 2 aromatic rings. The number of aromatic carboxylic acids is 1. The highest BCUT2D eigenvalue weighted by Gasteiger charge is 2.20. The molecule has 9 heteroatoms. The van der Waals surface area contributed by atoms with Gasteiger partial charge in [0, 0.05) is 11.3 Å². The van der Waals surface area contributed by atoms with Crippen molar-refractivity contribution in [2.24, 2.45) is 0 Å². The van der Waals surface area contributed by atoms with Crippen LogP contribution < -0.4 is 9.04 Å². The van der Waals surface area contributed by atoms with Gasteiger partial charge in [0.2, 0.25) is 0 Å². The molecular formula is C12H11N2O5S2-. The zero-order valence-electron chi connectivity index (χ0n) is 10.7. The fraction of sp³-hybridized carbons (Fsp3) is 0.167. The molecule has 0 aliphatic rings. The maximum absolute atomic E-state index is 11.3. The number of hydrogen-bond donors (Lipinski definition) is 1. The first kappa shape index (κ1) is 15.4. The van der Waals surface area contributed by atoms with Crippen LogP contribution in [0.3, 0.4) is 0 Å². The monoisotopic (exact) mass is 327 g/mol. The van der Waals surface area contributed by atoms with Crippen LogP contribution in [0, 0.1) is 0 Å². The predicted molar refractivity (Wildman–Crippen MR) is 77.3 cm³/mol. The third-order valence-electron chi connectivity index (χ3n) is 2.46. The van der Waals surface area contributed by atoms with E-state index in [2.05, 4.69) is 4.98 Å². The molecule has 1 atom stereocenters. The van der Waals surface area contributed by atoms with Crippen molar-refractivity contribution in [3.05, 3.63) is 41.5 Å². The molecule has 0 bridgehead atoms. The summed E-state index contributed by atoms with van der Waals surface area (Å²) in [6.07, 6.45) is 0. The van der Waals surface area contributed by atoms with E-state index in [1.54, 1.807) is 24.3 Å². The van der Waals surface area contributed by atoms with Gasteiger partial charge in [-0.2, -0.15) is 0 Å². The van der Waals surface area contributed by atoms with Gasteiger partial charge in [0.05, 0.1) is 12.1 Å². The molecule has 0 saturated carbocycles. The third kappa shape index (κ3) is 4.00. The molecule has 0 saturated heterocycles. The average molecular weight is 327 g/mol. The van der Waals surface area contributed by atoms with Crippen LogP contribution in [-0.2, 0) is 11.3 Å². The molecular weight excluding hydrogens is 316 g/mol. The maximum Gasteiger partial charge on any atom is 0.357 e. The van der Waals surface area contributed by atoms with Crippen molar-refractivity contribution in [2.75, 3.05) is 17.5 Å². The first-order chi connectivity index (χ1) is 10.1. The number of benzene rings is 1. The molecule has 112 valence electrons. The highest BCUT2D eigenvalue weighted by atomic mass is 32.2. The fourth-order valence-corrected chi connectivity index (χ4v) is 3.05. The van der Waals surface area contributed by atoms with Crippen molar-refractivity contribution in [1.29, 1.82) is 0 Å². The quantitative estimate of drug-likeness (QED) is 0.773. The van der Waals surface area contributed by atoms with Gasteiger partial charge in [-0.3, -0.25) is 8.51 Å². The number of thiazole rings is 1. The lowest BCUT2D eigenvalue weighted by Crippen LogP contribution is -2.30. The van der Waals surface area contributed by atoms with Crippen molar-refractivity contribution >= 4 is 33.6 Å². The van der Waals surface area contributed by atoms with Gasteiger partial charge in [-0.15, -0.1) is 11.3 Å². The average Bonchev–Trinajstić information content (AvgIpc) is 2.93. The summed E-state index contributed by atoms with van der Waals surface area (Å²) in [5.41, 5.74) is 1.00. The van der Waals surface area contributed by atoms with Gasteiger partial charge in [0.1, 0.15) is 17.4 Å². The zero-order valence-corrected chi connectivity index (χ0v) is 12.3. The van der Waals surface area contributed by atoms with E-state index in [9.17, 15) is 13.6 Å². The standard InChI is InChI=1S/C12H12N2O5S2/c15-12(16)10-11(20-8-13-10)14(21(17)18)6-7-19-9-4-2-1-3-5-9/h1-5,8H,6-7H2,(H,15,16)(H,17,18)/p-1. The van der Waals surface area contributed by atoms with Gasteiger partial charge in [0.15, 0.2) is 5.69 Å². The normalized spacial score (nSPS) is 11.9. The number of rotatable bonds is 7. The summed E-state index contributed by atoms with van der Waals surface area (Å²) in [6, 6.07) is 8.92. The van der Waals surface area contributed by atoms with E-state index < -0.39 is 17.2 Å². The topological polar surface area (TPSA) is 103 Å². The number of nitrogens with zero attached hydrogens (tertiary/aromatic N) is 2. The van der Waals surface area contributed by atoms with Crippen molar-refractivity contribution in [3.8, 4) is 5.75 Å².